The van der Waals surface area contributed by atoms with E-state index in [0.29, 0.717) is 12.0 Å². The molecule has 5 heteroatoms. The lowest BCUT2D eigenvalue weighted by Crippen LogP contribution is -2.29. The molecule has 0 saturated heterocycles. The summed E-state index contributed by atoms with van der Waals surface area (Å²) in [7, 11) is 0. The molecule has 0 spiro atoms. The van der Waals surface area contributed by atoms with Crippen LogP contribution in [0.15, 0.2) is 23.6 Å². The van der Waals surface area contributed by atoms with Crippen molar-refractivity contribution in [3.8, 4) is 0 Å². The van der Waals surface area contributed by atoms with Crippen molar-refractivity contribution in [2.24, 2.45) is 5.84 Å². The zero-order valence-electron chi connectivity index (χ0n) is 10.4. The van der Waals surface area contributed by atoms with Crippen LogP contribution >= 0.6 is 11.3 Å². The van der Waals surface area contributed by atoms with Crippen molar-refractivity contribution in [3.05, 3.63) is 51.2 Å². The van der Waals surface area contributed by atoms with Gasteiger partial charge in [0.2, 0.25) is 0 Å². The van der Waals surface area contributed by atoms with Gasteiger partial charge in [-0.05, 0) is 31.0 Å². The van der Waals surface area contributed by atoms with Crippen molar-refractivity contribution < 1.29 is 4.39 Å². The predicted octanol–water partition coefficient (Wildman–Crippen LogP) is 2.65. The smallest absolute Gasteiger partial charge is 0.126 e. The topological polar surface area (TPSA) is 50.9 Å². The van der Waals surface area contributed by atoms with Crippen LogP contribution in [0.3, 0.4) is 0 Å². The summed E-state index contributed by atoms with van der Waals surface area (Å²) in [5, 5.41) is 3.00. The SMILES string of the molecule is Cc1csc(CC(NN)c2ccc(C)c(F)c2)n1. The first-order chi connectivity index (χ1) is 8.60. The summed E-state index contributed by atoms with van der Waals surface area (Å²) >= 11 is 1.59. The number of aryl methyl sites for hydroxylation is 2. The van der Waals surface area contributed by atoms with Gasteiger partial charge in [0.1, 0.15) is 5.82 Å². The minimum atomic E-state index is -0.205. The maximum atomic E-state index is 13.5. The molecule has 0 radical (unpaired) electrons. The van der Waals surface area contributed by atoms with Gasteiger partial charge in [-0.15, -0.1) is 11.3 Å². The number of hydrogen-bond donors (Lipinski definition) is 2. The lowest BCUT2D eigenvalue weighted by atomic mass is 10.0. The van der Waals surface area contributed by atoms with E-state index in [0.717, 1.165) is 16.3 Å². The highest BCUT2D eigenvalue weighted by molar-refractivity contribution is 7.09. The van der Waals surface area contributed by atoms with Crippen molar-refractivity contribution in [2.45, 2.75) is 26.3 Å². The average Bonchev–Trinajstić information content (AvgIpc) is 2.75. The lowest BCUT2D eigenvalue weighted by molar-refractivity contribution is 0.542. The van der Waals surface area contributed by atoms with Crippen molar-refractivity contribution in [1.82, 2.24) is 10.4 Å². The summed E-state index contributed by atoms with van der Waals surface area (Å²) in [4.78, 5) is 4.39. The molecule has 1 heterocycles. The van der Waals surface area contributed by atoms with Gasteiger partial charge in [-0.3, -0.25) is 11.3 Å². The van der Waals surface area contributed by atoms with Crippen LogP contribution in [0.25, 0.3) is 0 Å². The Hall–Kier alpha value is -1.30. The Morgan fingerprint density at radius 2 is 2.22 bits per heavy atom. The van der Waals surface area contributed by atoms with Gasteiger partial charge in [0.25, 0.3) is 0 Å². The van der Waals surface area contributed by atoms with Gasteiger partial charge in [0.15, 0.2) is 0 Å². The van der Waals surface area contributed by atoms with Crippen LogP contribution in [-0.2, 0) is 6.42 Å². The third kappa shape index (κ3) is 2.93. The zero-order valence-corrected chi connectivity index (χ0v) is 11.2. The van der Waals surface area contributed by atoms with E-state index in [1.165, 1.54) is 6.07 Å². The minimum Gasteiger partial charge on any atom is -0.271 e. The number of benzene rings is 1. The molecule has 0 aliphatic heterocycles. The van der Waals surface area contributed by atoms with E-state index in [4.69, 9.17) is 5.84 Å². The molecule has 2 aromatic rings. The van der Waals surface area contributed by atoms with Crippen molar-refractivity contribution in [3.63, 3.8) is 0 Å². The number of rotatable bonds is 4. The van der Waals surface area contributed by atoms with Crippen molar-refractivity contribution >= 4 is 11.3 Å². The molecule has 3 nitrogen and oxygen atoms in total. The van der Waals surface area contributed by atoms with E-state index in [1.54, 1.807) is 24.3 Å². The van der Waals surface area contributed by atoms with Crippen LogP contribution in [-0.4, -0.2) is 4.98 Å². The molecule has 96 valence electrons. The highest BCUT2D eigenvalue weighted by atomic mass is 32.1. The fourth-order valence-electron chi connectivity index (χ4n) is 1.77. The number of hydrazine groups is 1. The highest BCUT2D eigenvalue weighted by Gasteiger charge is 2.14. The summed E-state index contributed by atoms with van der Waals surface area (Å²) in [6.07, 6.45) is 0.664. The van der Waals surface area contributed by atoms with Crippen LogP contribution in [0.5, 0.6) is 0 Å². The number of nitrogens with one attached hydrogen (secondary N) is 1. The van der Waals surface area contributed by atoms with Crippen molar-refractivity contribution in [2.75, 3.05) is 0 Å². The van der Waals surface area contributed by atoms with E-state index in [2.05, 4.69) is 10.4 Å². The summed E-state index contributed by atoms with van der Waals surface area (Å²) in [6, 6.07) is 5.07. The fraction of sp³-hybridized carbons (Fsp3) is 0.308. The lowest BCUT2D eigenvalue weighted by Gasteiger charge is -2.15. The Kier molecular flexibility index (Phi) is 4.06. The van der Waals surface area contributed by atoms with Crippen molar-refractivity contribution in [1.29, 1.82) is 0 Å². The molecule has 0 fully saturated rings. The molecule has 3 N–H and O–H groups in total. The summed E-state index contributed by atoms with van der Waals surface area (Å²) in [6.45, 7) is 3.70. The molecule has 0 bridgehead atoms. The quantitative estimate of drug-likeness (QED) is 0.660. The molecule has 1 unspecified atom stereocenters. The first kappa shape index (κ1) is 13.1. The van der Waals surface area contributed by atoms with E-state index in [1.807, 2.05) is 18.4 Å². The predicted molar refractivity (Wildman–Crippen MR) is 71.8 cm³/mol. The first-order valence-electron chi connectivity index (χ1n) is 5.73. The molecule has 2 rings (SSSR count). The number of nitrogens with two attached hydrogens (primary N) is 1. The fourth-order valence-corrected chi connectivity index (χ4v) is 2.59. The second kappa shape index (κ2) is 5.56. The Labute approximate surface area is 110 Å². The van der Waals surface area contributed by atoms with Crippen LogP contribution in [0.2, 0.25) is 0 Å². The summed E-state index contributed by atoms with van der Waals surface area (Å²) < 4.78 is 13.5. The number of hydrogen-bond acceptors (Lipinski definition) is 4. The third-order valence-electron chi connectivity index (χ3n) is 2.84. The van der Waals surface area contributed by atoms with E-state index in [-0.39, 0.29) is 11.9 Å². The molecular weight excluding hydrogens is 249 g/mol. The van der Waals surface area contributed by atoms with Gasteiger partial charge in [-0.2, -0.15) is 0 Å². The second-order valence-corrected chi connectivity index (χ2v) is 5.26. The Balaban J connectivity index is 2.19. The molecule has 1 atom stereocenters. The Morgan fingerprint density at radius 3 is 2.78 bits per heavy atom. The number of halogens is 1. The minimum absolute atomic E-state index is 0.120. The van der Waals surface area contributed by atoms with Gasteiger partial charge in [-0.1, -0.05) is 12.1 Å². The van der Waals surface area contributed by atoms with Gasteiger partial charge in [0, 0.05) is 17.5 Å². The Morgan fingerprint density at radius 1 is 1.44 bits per heavy atom. The van der Waals surface area contributed by atoms with E-state index < -0.39 is 0 Å². The van der Waals surface area contributed by atoms with Gasteiger partial charge in [0.05, 0.1) is 11.0 Å². The van der Waals surface area contributed by atoms with E-state index in [9.17, 15) is 4.39 Å². The average molecular weight is 265 g/mol. The van der Waals surface area contributed by atoms with Crippen LogP contribution < -0.4 is 11.3 Å². The normalized spacial score (nSPS) is 12.7. The molecule has 1 aromatic heterocycles. The van der Waals surface area contributed by atoms with Crippen LogP contribution in [0.1, 0.15) is 27.9 Å². The number of nitrogens with zero attached hydrogens (tertiary/aromatic N) is 1. The summed E-state index contributed by atoms with van der Waals surface area (Å²) in [5.74, 6) is 5.35. The van der Waals surface area contributed by atoms with Crippen LogP contribution in [0, 0.1) is 19.7 Å². The van der Waals surface area contributed by atoms with Gasteiger partial charge < -0.3 is 0 Å². The van der Waals surface area contributed by atoms with Gasteiger partial charge in [-0.25, -0.2) is 9.37 Å². The molecule has 0 aliphatic rings. The number of aromatic nitrogens is 1. The standard InChI is InChI=1S/C13H16FN3S/c1-8-3-4-10(5-11(8)14)12(17-15)6-13-16-9(2)7-18-13/h3-5,7,12,17H,6,15H2,1-2H3. The molecule has 0 saturated carbocycles. The molecule has 1 aromatic carbocycles. The monoisotopic (exact) mass is 265 g/mol. The van der Waals surface area contributed by atoms with Gasteiger partial charge >= 0.3 is 0 Å². The maximum absolute atomic E-state index is 13.5. The number of thiazole rings is 1. The van der Waals surface area contributed by atoms with E-state index >= 15 is 0 Å². The molecule has 0 amide bonds. The second-order valence-electron chi connectivity index (χ2n) is 4.31. The molecule has 18 heavy (non-hydrogen) atoms. The zero-order chi connectivity index (χ0) is 13.1. The molecule has 0 aliphatic carbocycles. The highest BCUT2D eigenvalue weighted by Crippen LogP contribution is 2.21. The largest absolute Gasteiger partial charge is 0.271 e. The molecular formula is C13H16FN3S. The Bertz CT molecular complexity index is 539. The third-order valence-corrected chi connectivity index (χ3v) is 3.83. The first-order valence-corrected chi connectivity index (χ1v) is 6.61. The summed E-state index contributed by atoms with van der Waals surface area (Å²) in [5.41, 5.74) is 5.20. The van der Waals surface area contributed by atoms with Crippen LogP contribution in [0.4, 0.5) is 4.39 Å². The maximum Gasteiger partial charge on any atom is 0.126 e.